The second-order valence-electron chi connectivity index (χ2n) is 4.99. The zero-order valence-electron chi connectivity index (χ0n) is 11.2. The van der Waals surface area contributed by atoms with Crippen LogP contribution in [0.3, 0.4) is 0 Å². The van der Waals surface area contributed by atoms with Crippen molar-refractivity contribution in [3.63, 3.8) is 0 Å². The third kappa shape index (κ3) is 2.11. The van der Waals surface area contributed by atoms with E-state index in [1.54, 1.807) is 22.5 Å². The summed E-state index contributed by atoms with van der Waals surface area (Å²) in [4.78, 5) is 18.5. The number of ether oxygens (including phenoxy) is 1. The Labute approximate surface area is 124 Å². The zero-order valence-corrected chi connectivity index (χ0v) is 12.1. The highest BCUT2D eigenvalue weighted by Gasteiger charge is 2.46. The molecule has 9 nitrogen and oxygen atoms in total. The van der Waals surface area contributed by atoms with Gasteiger partial charge in [-0.2, -0.15) is 22.2 Å². The largest absolute Gasteiger partial charge is 0.394 e. The smallest absolute Gasteiger partial charge is 0.304 e. The summed E-state index contributed by atoms with van der Waals surface area (Å²) in [6, 6.07) is 0. The van der Waals surface area contributed by atoms with Gasteiger partial charge in [0.1, 0.15) is 12.2 Å². The van der Waals surface area contributed by atoms with Crippen LogP contribution >= 0.6 is 12.6 Å². The number of aromatic nitrogens is 4. The summed E-state index contributed by atoms with van der Waals surface area (Å²) in [6.45, 7) is -0.323. The molecule has 1 aliphatic rings. The number of aliphatic hydroxyl groups is 2. The lowest BCUT2D eigenvalue weighted by atomic mass is 10.2. The molecule has 1 aliphatic heterocycles. The van der Waals surface area contributed by atoms with Crippen molar-refractivity contribution in [1.82, 2.24) is 14.5 Å². The van der Waals surface area contributed by atoms with Gasteiger partial charge >= 0.3 is 5.56 Å². The van der Waals surface area contributed by atoms with Gasteiger partial charge in [0.05, 0.1) is 18.9 Å². The fourth-order valence-electron chi connectivity index (χ4n) is 2.57. The Bertz CT molecular complexity index is 744. The lowest BCUT2D eigenvalue weighted by Gasteiger charge is -2.11. The van der Waals surface area contributed by atoms with Crippen molar-refractivity contribution in [1.29, 1.82) is 0 Å². The molecule has 3 heterocycles. The molecule has 0 radical (unpaired) electrons. The van der Waals surface area contributed by atoms with Crippen LogP contribution in [0.5, 0.6) is 0 Å². The zero-order chi connectivity index (χ0) is 15.3. The van der Waals surface area contributed by atoms with E-state index < -0.39 is 23.7 Å². The molecule has 2 aromatic rings. The molecule has 2 aromatic heterocycles. The standard InChI is InChI=1S/C11H15N5O4S/c1-15-3-16(8-5(15)9(19)14-11(12)13-8)10-7(21)6(18)4(2-17)20-10/h3-4,6-7,10,17-18H,2H2,1H3,(H3-,12,13,14,19,21)/p+1/t4-,6-,7-,10-/m1/s1. The summed E-state index contributed by atoms with van der Waals surface area (Å²) in [5.74, 6) is -0.0135. The molecule has 0 saturated carbocycles. The fourth-order valence-corrected chi connectivity index (χ4v) is 2.97. The Kier molecular flexibility index (Phi) is 3.40. The van der Waals surface area contributed by atoms with E-state index >= 15 is 0 Å². The van der Waals surface area contributed by atoms with Crippen molar-refractivity contribution in [3.8, 4) is 0 Å². The van der Waals surface area contributed by atoms with Gasteiger partial charge in [0.25, 0.3) is 11.2 Å². The second-order valence-corrected chi connectivity index (χ2v) is 5.58. The summed E-state index contributed by atoms with van der Waals surface area (Å²) < 4.78 is 8.77. The number of aliphatic hydroxyl groups excluding tert-OH is 2. The molecule has 0 amide bonds. The highest BCUT2D eigenvalue weighted by Crippen LogP contribution is 2.33. The Morgan fingerprint density at radius 3 is 3.00 bits per heavy atom. The fraction of sp³-hybridized carbons (Fsp3) is 0.545. The molecular formula is C11H16N5O4S+. The van der Waals surface area contributed by atoms with Gasteiger partial charge in [-0.25, -0.2) is 4.57 Å². The Morgan fingerprint density at radius 2 is 2.38 bits per heavy atom. The SMILES string of the molecule is C[n+]1cn([C@@H]2O[C@H](CO)[C@@H](O)[C@H]2S)c2nc(N)[nH]c(=O)c21. The monoisotopic (exact) mass is 314 g/mol. The molecular weight excluding hydrogens is 298 g/mol. The van der Waals surface area contributed by atoms with Gasteiger partial charge in [-0.3, -0.25) is 9.78 Å². The highest BCUT2D eigenvalue weighted by molar-refractivity contribution is 7.81. The predicted molar refractivity (Wildman–Crippen MR) is 75.7 cm³/mol. The first-order valence-corrected chi connectivity index (χ1v) is 6.84. The average molecular weight is 314 g/mol. The van der Waals surface area contributed by atoms with Gasteiger partial charge in [-0.05, 0) is 0 Å². The van der Waals surface area contributed by atoms with E-state index in [1.807, 2.05) is 0 Å². The first kappa shape index (κ1) is 14.3. The van der Waals surface area contributed by atoms with Crippen molar-refractivity contribution in [2.24, 2.45) is 7.05 Å². The molecule has 4 atom stereocenters. The van der Waals surface area contributed by atoms with E-state index in [0.29, 0.717) is 11.2 Å². The first-order valence-electron chi connectivity index (χ1n) is 6.32. The number of nitrogens with zero attached hydrogens (tertiary/aromatic N) is 3. The lowest BCUT2D eigenvalue weighted by molar-refractivity contribution is -0.646. The Balaban J connectivity index is 2.16. The molecule has 1 fully saturated rings. The van der Waals surface area contributed by atoms with Crippen LogP contribution in [0.25, 0.3) is 11.2 Å². The number of nitrogen functional groups attached to an aromatic ring is 1. The average Bonchev–Trinajstić information content (AvgIpc) is 2.89. The predicted octanol–water partition coefficient (Wildman–Crippen LogP) is -2.32. The number of hydrogen-bond donors (Lipinski definition) is 5. The first-order chi connectivity index (χ1) is 9.93. The number of nitrogens with two attached hydrogens (primary N) is 1. The quantitative estimate of drug-likeness (QED) is 0.312. The van der Waals surface area contributed by atoms with Gasteiger partial charge in [0, 0.05) is 0 Å². The molecule has 10 heteroatoms. The van der Waals surface area contributed by atoms with E-state index in [4.69, 9.17) is 10.5 Å². The minimum absolute atomic E-state index is 0.0135. The number of rotatable bonds is 2. The molecule has 114 valence electrons. The maximum absolute atomic E-state index is 12.0. The van der Waals surface area contributed by atoms with Crippen molar-refractivity contribution in [2.45, 2.75) is 23.7 Å². The summed E-state index contributed by atoms with van der Waals surface area (Å²) in [5, 5.41) is 18.6. The van der Waals surface area contributed by atoms with Crippen LogP contribution < -0.4 is 15.9 Å². The maximum Gasteiger partial charge on any atom is 0.304 e. The molecule has 0 aliphatic carbocycles. The topological polar surface area (TPSA) is 130 Å². The number of fused-ring (bicyclic) bond motifs is 1. The summed E-state index contributed by atoms with van der Waals surface area (Å²) in [6.07, 6.45) is -0.713. The number of aromatic amines is 1. The summed E-state index contributed by atoms with van der Waals surface area (Å²) >= 11 is 4.33. The minimum atomic E-state index is -0.926. The summed E-state index contributed by atoms with van der Waals surface area (Å²) in [7, 11) is 1.69. The number of anilines is 1. The van der Waals surface area contributed by atoms with Gasteiger partial charge in [-0.15, -0.1) is 0 Å². The van der Waals surface area contributed by atoms with Gasteiger partial charge < -0.3 is 20.7 Å². The highest BCUT2D eigenvalue weighted by atomic mass is 32.1. The normalized spacial score (nSPS) is 29.3. The molecule has 0 unspecified atom stereocenters. The Hall–Kier alpha value is -1.62. The number of hydrogen-bond acceptors (Lipinski definition) is 7. The van der Waals surface area contributed by atoms with E-state index in [2.05, 4.69) is 22.6 Å². The number of thiol groups is 1. The van der Waals surface area contributed by atoms with E-state index in [1.165, 1.54) is 0 Å². The number of imidazole rings is 1. The van der Waals surface area contributed by atoms with Gasteiger partial charge in [-0.1, -0.05) is 0 Å². The molecule has 0 bridgehead atoms. The number of aryl methyl sites for hydroxylation is 1. The van der Waals surface area contributed by atoms with Crippen molar-refractivity contribution in [3.05, 3.63) is 16.7 Å². The minimum Gasteiger partial charge on any atom is -0.394 e. The molecule has 0 aromatic carbocycles. The van der Waals surface area contributed by atoms with Crippen LogP contribution in [-0.4, -0.2) is 48.8 Å². The van der Waals surface area contributed by atoms with Gasteiger partial charge in [0.2, 0.25) is 18.5 Å². The third-order valence-electron chi connectivity index (χ3n) is 3.58. The van der Waals surface area contributed by atoms with Crippen LogP contribution in [0.15, 0.2) is 11.1 Å². The Morgan fingerprint density at radius 1 is 1.67 bits per heavy atom. The lowest BCUT2D eigenvalue weighted by Crippen LogP contribution is -2.32. The molecule has 0 spiro atoms. The number of H-pyrrole nitrogens is 1. The maximum atomic E-state index is 12.0. The van der Waals surface area contributed by atoms with Gasteiger partial charge in [0.15, 0.2) is 0 Å². The second kappa shape index (κ2) is 4.98. The van der Waals surface area contributed by atoms with Crippen molar-refractivity contribution in [2.75, 3.05) is 12.3 Å². The van der Waals surface area contributed by atoms with Crippen LogP contribution in [0.1, 0.15) is 6.23 Å². The van der Waals surface area contributed by atoms with E-state index in [9.17, 15) is 15.0 Å². The van der Waals surface area contributed by atoms with Crippen molar-refractivity contribution >= 4 is 29.7 Å². The van der Waals surface area contributed by atoms with Crippen LogP contribution in [0, 0.1) is 0 Å². The van der Waals surface area contributed by atoms with Crippen LogP contribution in [0.2, 0.25) is 0 Å². The van der Waals surface area contributed by atoms with Crippen LogP contribution in [0.4, 0.5) is 5.95 Å². The van der Waals surface area contributed by atoms with Crippen molar-refractivity contribution < 1.29 is 19.5 Å². The number of nitrogens with one attached hydrogen (secondary N) is 1. The van der Waals surface area contributed by atoms with E-state index in [-0.39, 0.29) is 18.1 Å². The van der Waals surface area contributed by atoms with Crippen LogP contribution in [-0.2, 0) is 11.8 Å². The summed E-state index contributed by atoms with van der Waals surface area (Å²) in [5.41, 5.74) is 5.87. The molecule has 1 saturated heterocycles. The molecule has 3 rings (SSSR count). The molecule has 5 N–H and O–H groups in total. The third-order valence-corrected chi connectivity index (χ3v) is 4.14. The van der Waals surface area contributed by atoms with E-state index in [0.717, 1.165) is 0 Å². The molecule has 21 heavy (non-hydrogen) atoms.